The maximum absolute atomic E-state index is 12.3. The SMILES string of the molecule is [B]C1(Oc2ccc3c(c2)OCCO3)CCN(c2nn3c(=O)ccnc3c(C)c2C)CC1. The van der Waals surface area contributed by atoms with Crippen molar-refractivity contribution in [2.45, 2.75) is 32.2 Å². The summed E-state index contributed by atoms with van der Waals surface area (Å²) in [5.41, 5.74) is 1.55. The monoisotopic (exact) mass is 418 g/mol. The zero-order chi connectivity index (χ0) is 21.6. The van der Waals surface area contributed by atoms with Crippen molar-refractivity contribution in [1.29, 1.82) is 0 Å². The molecule has 158 valence electrons. The van der Waals surface area contributed by atoms with E-state index in [4.69, 9.17) is 22.1 Å². The average molecular weight is 418 g/mol. The Kier molecular flexibility index (Phi) is 4.76. The minimum atomic E-state index is -0.793. The van der Waals surface area contributed by atoms with Crippen LogP contribution in [0, 0.1) is 13.8 Å². The summed E-state index contributed by atoms with van der Waals surface area (Å²) in [6.07, 6.45) is 2.74. The zero-order valence-corrected chi connectivity index (χ0v) is 17.6. The quantitative estimate of drug-likeness (QED) is 0.603. The zero-order valence-electron chi connectivity index (χ0n) is 17.6. The van der Waals surface area contributed by atoms with E-state index in [2.05, 4.69) is 15.0 Å². The van der Waals surface area contributed by atoms with Gasteiger partial charge in [-0.05, 0) is 38.8 Å². The number of fused-ring (bicyclic) bond motifs is 2. The summed E-state index contributed by atoms with van der Waals surface area (Å²) in [5, 5.41) is 4.59. The molecule has 0 aliphatic carbocycles. The van der Waals surface area contributed by atoms with Crippen molar-refractivity contribution in [3.05, 3.63) is 51.9 Å². The fourth-order valence-electron chi connectivity index (χ4n) is 4.08. The van der Waals surface area contributed by atoms with Crippen molar-refractivity contribution in [3.63, 3.8) is 0 Å². The molecule has 1 fully saturated rings. The van der Waals surface area contributed by atoms with Gasteiger partial charge in [0, 0.05) is 42.5 Å². The Balaban J connectivity index is 1.35. The van der Waals surface area contributed by atoms with Crippen molar-refractivity contribution < 1.29 is 14.2 Å². The highest BCUT2D eigenvalue weighted by atomic mass is 16.6. The maximum atomic E-state index is 12.3. The molecule has 2 aliphatic heterocycles. The number of ether oxygens (including phenoxy) is 3. The number of benzene rings is 1. The molecule has 4 heterocycles. The molecule has 8 nitrogen and oxygen atoms in total. The highest BCUT2D eigenvalue weighted by molar-refractivity contribution is 6.14. The number of hydrogen-bond donors (Lipinski definition) is 0. The smallest absolute Gasteiger partial charge is 0.274 e. The van der Waals surface area contributed by atoms with Gasteiger partial charge in [0.1, 0.15) is 26.8 Å². The molecule has 0 amide bonds. The first-order valence-corrected chi connectivity index (χ1v) is 10.4. The van der Waals surface area contributed by atoms with Gasteiger partial charge >= 0.3 is 0 Å². The van der Waals surface area contributed by atoms with Gasteiger partial charge in [-0.25, -0.2) is 4.98 Å². The van der Waals surface area contributed by atoms with Gasteiger partial charge in [0.05, 0.1) is 5.50 Å². The Morgan fingerprint density at radius 1 is 1.06 bits per heavy atom. The standard InChI is InChI=1S/C22H23BN4O4/c1-14-15(2)21(25-27-19(28)5-8-24-20(14)27)26-9-6-22(23,7-10-26)31-16-3-4-17-18(13-16)30-12-11-29-17/h3-5,8,13H,6-7,9-12H2,1-2H3. The number of rotatable bonds is 3. The van der Waals surface area contributed by atoms with Crippen LogP contribution in [-0.4, -0.2) is 54.2 Å². The van der Waals surface area contributed by atoms with Gasteiger partial charge in [0.15, 0.2) is 23.0 Å². The molecule has 0 unspecified atom stereocenters. The van der Waals surface area contributed by atoms with E-state index in [1.807, 2.05) is 32.0 Å². The van der Waals surface area contributed by atoms with Gasteiger partial charge in [0.25, 0.3) is 5.56 Å². The molecule has 0 bridgehead atoms. The summed E-state index contributed by atoms with van der Waals surface area (Å²) in [6, 6.07) is 6.94. The molecule has 0 atom stereocenters. The van der Waals surface area contributed by atoms with E-state index in [-0.39, 0.29) is 5.56 Å². The van der Waals surface area contributed by atoms with E-state index < -0.39 is 5.50 Å². The molecule has 3 aromatic rings. The second-order valence-electron chi connectivity index (χ2n) is 8.05. The molecule has 2 radical (unpaired) electrons. The molecule has 31 heavy (non-hydrogen) atoms. The number of nitrogens with zero attached hydrogens (tertiary/aromatic N) is 4. The Morgan fingerprint density at radius 2 is 1.81 bits per heavy atom. The second-order valence-corrected chi connectivity index (χ2v) is 8.05. The molecule has 0 saturated carbocycles. The summed E-state index contributed by atoms with van der Waals surface area (Å²) >= 11 is 0. The Labute approximate surface area is 181 Å². The first-order chi connectivity index (χ1) is 14.9. The first kappa shape index (κ1) is 19.7. The van der Waals surface area contributed by atoms with Crippen LogP contribution < -0.4 is 24.7 Å². The molecule has 1 aromatic carbocycles. The maximum Gasteiger partial charge on any atom is 0.274 e. The van der Waals surface area contributed by atoms with Gasteiger partial charge in [-0.2, -0.15) is 4.52 Å². The van der Waals surface area contributed by atoms with Crippen molar-refractivity contribution in [1.82, 2.24) is 14.6 Å². The molecule has 0 N–H and O–H groups in total. The van der Waals surface area contributed by atoms with E-state index in [1.165, 1.54) is 16.8 Å². The third-order valence-electron chi connectivity index (χ3n) is 6.00. The van der Waals surface area contributed by atoms with Gasteiger partial charge < -0.3 is 19.1 Å². The lowest BCUT2D eigenvalue weighted by Crippen LogP contribution is -2.49. The van der Waals surface area contributed by atoms with Crippen molar-refractivity contribution in [2.24, 2.45) is 0 Å². The number of aryl methyl sites for hydroxylation is 1. The number of aromatic nitrogens is 3. The first-order valence-electron chi connectivity index (χ1n) is 10.4. The second kappa shape index (κ2) is 7.48. The highest BCUT2D eigenvalue weighted by Crippen LogP contribution is 2.36. The summed E-state index contributed by atoms with van der Waals surface area (Å²) in [7, 11) is 6.58. The molecule has 9 heteroatoms. The third kappa shape index (κ3) is 3.58. The van der Waals surface area contributed by atoms with Crippen LogP contribution >= 0.6 is 0 Å². The van der Waals surface area contributed by atoms with Gasteiger partial charge in [-0.15, -0.1) is 5.10 Å². The fraction of sp³-hybridized carbons (Fsp3) is 0.409. The molecular formula is C22H23BN4O4. The average Bonchev–Trinajstić information content (AvgIpc) is 2.77. The van der Waals surface area contributed by atoms with E-state index in [9.17, 15) is 4.79 Å². The lowest BCUT2D eigenvalue weighted by Gasteiger charge is -2.41. The molecule has 1 saturated heterocycles. The van der Waals surface area contributed by atoms with E-state index >= 15 is 0 Å². The Morgan fingerprint density at radius 3 is 2.58 bits per heavy atom. The highest BCUT2D eigenvalue weighted by Gasteiger charge is 2.33. The van der Waals surface area contributed by atoms with Crippen LogP contribution in [0.25, 0.3) is 5.65 Å². The summed E-state index contributed by atoms with van der Waals surface area (Å²) in [6.45, 7) is 6.37. The van der Waals surface area contributed by atoms with Crippen LogP contribution in [0.15, 0.2) is 35.3 Å². The minimum absolute atomic E-state index is 0.193. The molecule has 2 aromatic heterocycles. The molecule has 2 aliphatic rings. The summed E-state index contributed by atoms with van der Waals surface area (Å²) in [4.78, 5) is 18.7. The topological polar surface area (TPSA) is 78.2 Å². The van der Waals surface area contributed by atoms with E-state index in [0.717, 1.165) is 22.7 Å². The molecule has 0 spiro atoms. The van der Waals surface area contributed by atoms with E-state index in [1.54, 1.807) is 0 Å². The fourth-order valence-corrected chi connectivity index (χ4v) is 4.08. The van der Waals surface area contributed by atoms with E-state index in [0.29, 0.717) is 56.3 Å². The molecular weight excluding hydrogens is 395 g/mol. The third-order valence-corrected chi connectivity index (χ3v) is 6.00. The van der Waals surface area contributed by atoms with Crippen molar-refractivity contribution in [2.75, 3.05) is 31.2 Å². The van der Waals surface area contributed by atoms with Crippen molar-refractivity contribution >= 4 is 19.3 Å². The van der Waals surface area contributed by atoms with Gasteiger partial charge in [-0.1, -0.05) is 0 Å². The Bertz CT molecular complexity index is 1200. The van der Waals surface area contributed by atoms with Gasteiger partial charge in [0.2, 0.25) is 0 Å². The van der Waals surface area contributed by atoms with Crippen LogP contribution in [0.4, 0.5) is 5.82 Å². The predicted octanol–water partition coefficient (Wildman–Crippen LogP) is 2.02. The van der Waals surface area contributed by atoms with Crippen LogP contribution in [-0.2, 0) is 0 Å². The van der Waals surface area contributed by atoms with Crippen LogP contribution in [0.2, 0.25) is 0 Å². The summed E-state index contributed by atoms with van der Waals surface area (Å²) < 4.78 is 18.7. The van der Waals surface area contributed by atoms with Crippen LogP contribution in [0.5, 0.6) is 17.2 Å². The number of anilines is 1. The lowest BCUT2D eigenvalue weighted by molar-refractivity contribution is 0.124. The Hall–Kier alpha value is -3.23. The number of piperidine rings is 1. The van der Waals surface area contributed by atoms with Crippen LogP contribution in [0.1, 0.15) is 24.0 Å². The van der Waals surface area contributed by atoms with Crippen molar-refractivity contribution in [3.8, 4) is 17.2 Å². The molecule has 5 rings (SSSR count). The van der Waals surface area contributed by atoms with Gasteiger partial charge in [-0.3, -0.25) is 4.79 Å². The van der Waals surface area contributed by atoms with Crippen LogP contribution in [0.3, 0.4) is 0 Å². The lowest BCUT2D eigenvalue weighted by atomic mass is 9.73. The predicted molar refractivity (Wildman–Crippen MR) is 117 cm³/mol. The summed E-state index contributed by atoms with van der Waals surface area (Å²) in [5.74, 6) is 2.84. The normalized spacial score (nSPS) is 17.5. The minimum Gasteiger partial charge on any atom is -0.497 e. The number of hydrogen-bond acceptors (Lipinski definition) is 7. The largest absolute Gasteiger partial charge is 0.497 e.